The molecule has 0 aromatic heterocycles. The summed E-state index contributed by atoms with van der Waals surface area (Å²) < 4.78 is 40.2. The van der Waals surface area contributed by atoms with Crippen LogP contribution in [-0.2, 0) is 11.2 Å². The average molecular weight is 335 g/mol. The Hall–Kier alpha value is -0.840. The summed E-state index contributed by atoms with van der Waals surface area (Å²) in [5, 5.41) is 0. The monoisotopic (exact) mass is 334 g/mol. The van der Waals surface area contributed by atoms with Crippen LogP contribution < -0.4 is 0 Å². The van der Waals surface area contributed by atoms with Crippen molar-refractivity contribution in [1.29, 1.82) is 0 Å². The number of alkyl halides is 2. The van der Waals surface area contributed by atoms with Crippen LogP contribution in [-0.4, -0.2) is 11.7 Å². The summed E-state index contributed by atoms with van der Waals surface area (Å²) >= 11 is 3.22. The fourth-order valence-corrected chi connectivity index (χ4v) is 2.78. The molecule has 0 amide bonds. The number of benzene rings is 1. The standard InChI is InChI=1S/C14H14BrF3O/c15-11-1-2-12(16)10(7-11)8-13(19)9-3-5-14(17,18)6-4-9/h1-2,7,9H,3-6,8H2. The Morgan fingerprint density at radius 3 is 2.58 bits per heavy atom. The summed E-state index contributed by atoms with van der Waals surface area (Å²) in [6, 6.07) is 4.41. The fourth-order valence-electron chi connectivity index (χ4n) is 2.37. The van der Waals surface area contributed by atoms with E-state index < -0.39 is 11.7 Å². The Kier molecular flexibility index (Phi) is 4.33. The molecule has 0 atom stereocenters. The van der Waals surface area contributed by atoms with Gasteiger partial charge in [0.15, 0.2) is 0 Å². The zero-order valence-electron chi connectivity index (χ0n) is 10.3. The molecule has 104 valence electrons. The van der Waals surface area contributed by atoms with Crippen LogP contribution in [0.25, 0.3) is 0 Å². The summed E-state index contributed by atoms with van der Waals surface area (Å²) in [6.45, 7) is 0. The maximum absolute atomic E-state index is 13.5. The third kappa shape index (κ3) is 3.81. The molecule has 0 heterocycles. The van der Waals surface area contributed by atoms with Crippen LogP contribution in [0.4, 0.5) is 13.2 Å². The first-order chi connectivity index (χ1) is 8.87. The van der Waals surface area contributed by atoms with Gasteiger partial charge < -0.3 is 0 Å². The van der Waals surface area contributed by atoms with E-state index in [0.29, 0.717) is 10.0 Å². The molecule has 0 spiro atoms. The number of carbonyl (C=O) groups is 1. The van der Waals surface area contributed by atoms with Crippen molar-refractivity contribution in [1.82, 2.24) is 0 Å². The number of ketones is 1. The maximum atomic E-state index is 13.5. The van der Waals surface area contributed by atoms with E-state index in [1.54, 1.807) is 12.1 Å². The molecule has 1 aliphatic carbocycles. The smallest absolute Gasteiger partial charge is 0.248 e. The van der Waals surface area contributed by atoms with Crippen molar-refractivity contribution in [2.24, 2.45) is 5.92 Å². The lowest BCUT2D eigenvalue weighted by molar-refractivity contribution is -0.126. The van der Waals surface area contributed by atoms with E-state index in [2.05, 4.69) is 15.9 Å². The van der Waals surface area contributed by atoms with Gasteiger partial charge in [-0.3, -0.25) is 4.79 Å². The molecule has 5 heteroatoms. The van der Waals surface area contributed by atoms with E-state index in [0.717, 1.165) is 0 Å². The van der Waals surface area contributed by atoms with Crippen LogP contribution in [0, 0.1) is 11.7 Å². The molecule has 1 nitrogen and oxygen atoms in total. The van der Waals surface area contributed by atoms with Crippen LogP contribution in [0.5, 0.6) is 0 Å². The third-order valence-corrected chi connectivity index (χ3v) is 4.04. The summed E-state index contributed by atoms with van der Waals surface area (Å²) in [7, 11) is 0. The molecule has 0 radical (unpaired) electrons. The van der Waals surface area contributed by atoms with Crippen molar-refractivity contribution in [2.45, 2.75) is 38.0 Å². The second-order valence-corrected chi connectivity index (χ2v) is 5.92. The van der Waals surface area contributed by atoms with Crippen LogP contribution in [0.3, 0.4) is 0 Å². The first-order valence-corrected chi connectivity index (χ1v) is 7.01. The van der Waals surface area contributed by atoms with Crippen molar-refractivity contribution in [2.75, 3.05) is 0 Å². The number of Topliss-reactive ketones (excluding diaryl/α,β-unsaturated/α-hetero) is 1. The minimum atomic E-state index is -2.64. The lowest BCUT2D eigenvalue weighted by atomic mass is 9.82. The average Bonchev–Trinajstić information content (AvgIpc) is 2.33. The molecule has 2 rings (SSSR count). The molecule has 0 unspecified atom stereocenters. The molecule has 0 bridgehead atoms. The predicted molar refractivity (Wildman–Crippen MR) is 69.7 cm³/mol. The topological polar surface area (TPSA) is 17.1 Å². The fraction of sp³-hybridized carbons (Fsp3) is 0.500. The van der Waals surface area contributed by atoms with E-state index in [1.165, 1.54) is 6.07 Å². The van der Waals surface area contributed by atoms with Gasteiger partial charge in [-0.25, -0.2) is 13.2 Å². The van der Waals surface area contributed by atoms with Gasteiger partial charge in [0, 0.05) is 29.7 Å². The van der Waals surface area contributed by atoms with Crippen LogP contribution >= 0.6 is 15.9 Å². The molecule has 1 fully saturated rings. The van der Waals surface area contributed by atoms with E-state index in [-0.39, 0.29) is 43.8 Å². The van der Waals surface area contributed by atoms with E-state index in [4.69, 9.17) is 0 Å². The number of carbonyl (C=O) groups excluding carboxylic acids is 1. The van der Waals surface area contributed by atoms with Gasteiger partial charge in [0.2, 0.25) is 5.92 Å². The zero-order valence-corrected chi connectivity index (χ0v) is 11.9. The molecular formula is C14H14BrF3O. The van der Waals surface area contributed by atoms with Gasteiger partial charge >= 0.3 is 0 Å². The van der Waals surface area contributed by atoms with Crippen LogP contribution in [0.2, 0.25) is 0 Å². The van der Waals surface area contributed by atoms with Crippen molar-refractivity contribution in [3.8, 4) is 0 Å². The minimum absolute atomic E-state index is 0.0263. The Morgan fingerprint density at radius 1 is 1.32 bits per heavy atom. The first-order valence-electron chi connectivity index (χ1n) is 6.22. The van der Waals surface area contributed by atoms with Crippen molar-refractivity contribution < 1.29 is 18.0 Å². The zero-order chi connectivity index (χ0) is 14.0. The van der Waals surface area contributed by atoms with Crippen molar-refractivity contribution in [3.05, 3.63) is 34.1 Å². The number of hydrogen-bond acceptors (Lipinski definition) is 1. The number of rotatable bonds is 3. The lowest BCUT2D eigenvalue weighted by Crippen LogP contribution is -2.29. The highest BCUT2D eigenvalue weighted by Gasteiger charge is 2.37. The molecule has 1 aromatic carbocycles. The summed E-state index contributed by atoms with van der Waals surface area (Å²) in [5.41, 5.74) is 0.316. The van der Waals surface area contributed by atoms with E-state index in [1.807, 2.05) is 0 Å². The van der Waals surface area contributed by atoms with E-state index in [9.17, 15) is 18.0 Å². The molecule has 0 N–H and O–H groups in total. The molecule has 19 heavy (non-hydrogen) atoms. The van der Waals surface area contributed by atoms with E-state index >= 15 is 0 Å². The lowest BCUT2D eigenvalue weighted by Gasteiger charge is -2.27. The van der Waals surface area contributed by atoms with Gasteiger partial charge in [-0.05, 0) is 36.6 Å². The third-order valence-electron chi connectivity index (χ3n) is 3.54. The largest absolute Gasteiger partial charge is 0.299 e. The normalized spacial score (nSPS) is 19.4. The molecule has 0 aliphatic heterocycles. The second kappa shape index (κ2) is 5.65. The molecule has 1 aliphatic rings. The molecule has 1 saturated carbocycles. The summed E-state index contributed by atoms with van der Waals surface area (Å²) in [6.07, 6.45) is -0.126. The quantitative estimate of drug-likeness (QED) is 0.793. The first kappa shape index (κ1) is 14.6. The second-order valence-electron chi connectivity index (χ2n) is 5.01. The van der Waals surface area contributed by atoms with Gasteiger partial charge in [-0.1, -0.05) is 15.9 Å². The van der Waals surface area contributed by atoms with Crippen LogP contribution in [0.15, 0.2) is 22.7 Å². The van der Waals surface area contributed by atoms with Crippen molar-refractivity contribution >= 4 is 21.7 Å². The van der Waals surface area contributed by atoms with Crippen molar-refractivity contribution in [3.63, 3.8) is 0 Å². The highest BCUT2D eigenvalue weighted by molar-refractivity contribution is 9.10. The Morgan fingerprint density at radius 2 is 1.95 bits per heavy atom. The van der Waals surface area contributed by atoms with Gasteiger partial charge in [0.25, 0.3) is 0 Å². The SMILES string of the molecule is O=C(Cc1cc(Br)ccc1F)C1CCC(F)(F)CC1. The Labute approximate surface area is 118 Å². The van der Waals surface area contributed by atoms with Gasteiger partial charge in [0.1, 0.15) is 11.6 Å². The van der Waals surface area contributed by atoms with Gasteiger partial charge in [0.05, 0.1) is 0 Å². The van der Waals surface area contributed by atoms with Gasteiger partial charge in [-0.15, -0.1) is 0 Å². The minimum Gasteiger partial charge on any atom is -0.299 e. The molecule has 1 aromatic rings. The predicted octanol–water partition coefficient (Wildman–Crippen LogP) is 4.53. The summed E-state index contributed by atoms with van der Waals surface area (Å²) in [4.78, 5) is 12.0. The molecule has 0 saturated heterocycles. The number of halogens is 4. The van der Waals surface area contributed by atoms with Crippen LogP contribution in [0.1, 0.15) is 31.2 Å². The Balaban J connectivity index is 2.00. The Bertz CT molecular complexity index is 478. The summed E-state index contributed by atoms with van der Waals surface area (Å²) in [5.74, 6) is -3.58. The number of hydrogen-bond donors (Lipinski definition) is 0. The highest BCUT2D eigenvalue weighted by Crippen LogP contribution is 2.36. The maximum Gasteiger partial charge on any atom is 0.248 e. The molecular weight excluding hydrogens is 321 g/mol. The highest BCUT2D eigenvalue weighted by atomic mass is 79.9. The van der Waals surface area contributed by atoms with Gasteiger partial charge in [-0.2, -0.15) is 0 Å².